The summed E-state index contributed by atoms with van der Waals surface area (Å²) in [5, 5.41) is 13.4. The van der Waals surface area contributed by atoms with Crippen molar-refractivity contribution in [3.63, 3.8) is 0 Å². The van der Waals surface area contributed by atoms with Crippen LogP contribution >= 0.6 is 23.4 Å². The minimum Gasteiger partial charge on any atom is -0.396 e. The Hall–Kier alpha value is -1.05. The van der Waals surface area contributed by atoms with E-state index in [2.05, 4.69) is 10.6 Å². The monoisotopic (exact) mass is 324 g/mol. The van der Waals surface area contributed by atoms with Gasteiger partial charge in [-0.2, -0.15) is 11.8 Å². The Morgan fingerprint density at radius 1 is 1.45 bits per heavy atom. The standard InChI is InChI=1S/C12H15ClF2N2O2S/c1-20-6-8(2-3-18)16-12(19)17-11-9(14)4-7(13)5-10(11)15/h4-5,8,18H,2-3,6H2,1H3,(H2,16,17,19). The molecule has 0 heterocycles. The maximum absolute atomic E-state index is 13.5. The molecule has 0 aromatic heterocycles. The van der Waals surface area contributed by atoms with Crippen molar-refractivity contribution < 1.29 is 18.7 Å². The molecule has 2 amide bonds. The average Bonchev–Trinajstić information content (AvgIpc) is 2.34. The zero-order chi connectivity index (χ0) is 15.1. The second-order valence-electron chi connectivity index (χ2n) is 4.01. The highest BCUT2D eigenvalue weighted by atomic mass is 35.5. The number of halogens is 3. The van der Waals surface area contributed by atoms with Gasteiger partial charge in [0.2, 0.25) is 0 Å². The van der Waals surface area contributed by atoms with E-state index in [0.29, 0.717) is 12.2 Å². The van der Waals surface area contributed by atoms with Gasteiger partial charge in [-0.15, -0.1) is 0 Å². The fraction of sp³-hybridized carbons (Fsp3) is 0.417. The van der Waals surface area contributed by atoms with Gasteiger partial charge in [-0.25, -0.2) is 13.6 Å². The van der Waals surface area contributed by atoms with Gasteiger partial charge in [0.25, 0.3) is 0 Å². The molecular weight excluding hydrogens is 310 g/mol. The van der Waals surface area contributed by atoms with Gasteiger partial charge >= 0.3 is 6.03 Å². The van der Waals surface area contributed by atoms with E-state index in [9.17, 15) is 13.6 Å². The maximum atomic E-state index is 13.5. The van der Waals surface area contributed by atoms with Crippen LogP contribution in [0.15, 0.2) is 12.1 Å². The molecule has 0 aliphatic carbocycles. The molecule has 1 unspecified atom stereocenters. The molecule has 3 N–H and O–H groups in total. The molecule has 1 aromatic carbocycles. The van der Waals surface area contributed by atoms with Crippen LogP contribution in [0.4, 0.5) is 19.3 Å². The zero-order valence-electron chi connectivity index (χ0n) is 10.8. The molecular formula is C12H15ClF2N2O2S. The lowest BCUT2D eigenvalue weighted by atomic mass is 10.2. The highest BCUT2D eigenvalue weighted by molar-refractivity contribution is 7.98. The minimum atomic E-state index is -0.950. The smallest absolute Gasteiger partial charge is 0.319 e. The second kappa shape index (κ2) is 8.28. The molecule has 0 aliphatic rings. The third-order valence-electron chi connectivity index (χ3n) is 2.43. The van der Waals surface area contributed by atoms with Crippen LogP contribution < -0.4 is 10.6 Å². The highest BCUT2D eigenvalue weighted by Crippen LogP contribution is 2.23. The van der Waals surface area contributed by atoms with E-state index in [4.69, 9.17) is 16.7 Å². The minimum absolute atomic E-state index is 0.0881. The number of thioether (sulfide) groups is 1. The summed E-state index contributed by atoms with van der Waals surface area (Å²) in [5.41, 5.74) is -0.557. The van der Waals surface area contributed by atoms with Crippen LogP contribution in [0.25, 0.3) is 0 Å². The van der Waals surface area contributed by atoms with Crippen LogP contribution in [0.3, 0.4) is 0 Å². The molecule has 0 spiro atoms. The largest absolute Gasteiger partial charge is 0.396 e. The van der Waals surface area contributed by atoms with Crippen LogP contribution in [0.2, 0.25) is 5.02 Å². The maximum Gasteiger partial charge on any atom is 0.319 e. The second-order valence-corrected chi connectivity index (χ2v) is 5.35. The van der Waals surface area contributed by atoms with Crippen molar-refractivity contribution in [3.8, 4) is 0 Å². The molecule has 4 nitrogen and oxygen atoms in total. The van der Waals surface area contributed by atoms with E-state index >= 15 is 0 Å². The summed E-state index contributed by atoms with van der Waals surface area (Å²) >= 11 is 6.97. The number of hydrogen-bond donors (Lipinski definition) is 3. The summed E-state index contributed by atoms with van der Waals surface area (Å²) < 4.78 is 27.0. The van der Waals surface area contributed by atoms with Gasteiger partial charge in [0.1, 0.15) is 5.69 Å². The SMILES string of the molecule is CSCC(CCO)NC(=O)Nc1c(F)cc(Cl)cc1F. The van der Waals surface area contributed by atoms with E-state index in [1.807, 2.05) is 6.26 Å². The number of carbonyl (C=O) groups excluding carboxylic acids is 1. The quantitative estimate of drug-likeness (QED) is 0.754. The third-order valence-corrected chi connectivity index (χ3v) is 3.38. The molecule has 1 aromatic rings. The number of hydrogen-bond acceptors (Lipinski definition) is 3. The van der Waals surface area contributed by atoms with E-state index in [1.165, 1.54) is 11.8 Å². The Morgan fingerprint density at radius 2 is 2.05 bits per heavy atom. The summed E-state index contributed by atoms with van der Waals surface area (Å²) in [4.78, 5) is 11.7. The number of anilines is 1. The van der Waals surface area contributed by atoms with Crippen molar-refractivity contribution in [3.05, 3.63) is 28.8 Å². The molecule has 0 radical (unpaired) electrons. The molecule has 20 heavy (non-hydrogen) atoms. The zero-order valence-corrected chi connectivity index (χ0v) is 12.3. The van der Waals surface area contributed by atoms with Gasteiger partial charge in [0.15, 0.2) is 11.6 Å². The number of urea groups is 1. The first-order valence-corrected chi connectivity index (χ1v) is 7.57. The lowest BCUT2D eigenvalue weighted by Crippen LogP contribution is -2.40. The first-order chi connectivity index (χ1) is 9.47. The number of nitrogens with one attached hydrogen (secondary N) is 2. The molecule has 0 saturated heterocycles. The molecule has 1 atom stereocenters. The summed E-state index contributed by atoms with van der Waals surface area (Å²) in [5.74, 6) is -1.32. The molecule has 8 heteroatoms. The van der Waals surface area contributed by atoms with E-state index in [-0.39, 0.29) is 17.7 Å². The summed E-state index contributed by atoms with van der Waals surface area (Å²) in [6.07, 6.45) is 2.21. The molecule has 0 saturated carbocycles. The van der Waals surface area contributed by atoms with Crippen LogP contribution in [0.1, 0.15) is 6.42 Å². The van der Waals surface area contributed by atoms with Gasteiger partial charge < -0.3 is 15.7 Å². The molecule has 112 valence electrons. The normalized spacial score (nSPS) is 12.1. The first-order valence-electron chi connectivity index (χ1n) is 5.79. The van der Waals surface area contributed by atoms with Gasteiger partial charge in [0, 0.05) is 23.4 Å². The van der Waals surface area contributed by atoms with Crippen LogP contribution in [0, 0.1) is 11.6 Å². The van der Waals surface area contributed by atoms with Crippen molar-refractivity contribution in [2.75, 3.05) is 23.9 Å². The van der Waals surface area contributed by atoms with Crippen molar-refractivity contribution in [2.45, 2.75) is 12.5 Å². The summed E-state index contributed by atoms with van der Waals surface area (Å²) in [6.45, 7) is -0.0881. The molecule has 1 rings (SSSR count). The van der Waals surface area contributed by atoms with Gasteiger partial charge in [-0.05, 0) is 24.8 Å². The topological polar surface area (TPSA) is 61.4 Å². The predicted molar refractivity (Wildman–Crippen MR) is 77.4 cm³/mol. The fourth-order valence-corrected chi connectivity index (χ4v) is 2.39. The Kier molecular flexibility index (Phi) is 7.04. The van der Waals surface area contributed by atoms with Crippen molar-refractivity contribution in [2.24, 2.45) is 0 Å². The Balaban J connectivity index is 2.70. The lowest BCUT2D eigenvalue weighted by Gasteiger charge is -2.17. The van der Waals surface area contributed by atoms with Gasteiger partial charge in [-0.1, -0.05) is 11.6 Å². The third kappa shape index (κ3) is 5.15. The lowest BCUT2D eigenvalue weighted by molar-refractivity contribution is 0.241. The molecule has 0 bridgehead atoms. The molecule has 0 fully saturated rings. The highest BCUT2D eigenvalue weighted by Gasteiger charge is 2.16. The van der Waals surface area contributed by atoms with Crippen LogP contribution in [0.5, 0.6) is 0 Å². The number of amides is 2. The summed E-state index contributed by atoms with van der Waals surface area (Å²) in [6, 6.07) is 0.798. The van der Waals surface area contributed by atoms with Crippen LogP contribution in [-0.2, 0) is 0 Å². The Morgan fingerprint density at radius 3 is 2.55 bits per heavy atom. The Labute approximate surface area is 124 Å². The summed E-state index contributed by atoms with van der Waals surface area (Å²) in [7, 11) is 0. The number of benzene rings is 1. The van der Waals surface area contributed by atoms with Crippen molar-refractivity contribution >= 4 is 35.1 Å². The van der Waals surface area contributed by atoms with Crippen molar-refractivity contribution in [1.29, 1.82) is 0 Å². The van der Waals surface area contributed by atoms with Gasteiger partial charge in [0.05, 0.1) is 0 Å². The first kappa shape index (κ1) is 17.0. The average molecular weight is 325 g/mol. The number of rotatable bonds is 6. The van der Waals surface area contributed by atoms with Crippen molar-refractivity contribution in [1.82, 2.24) is 5.32 Å². The predicted octanol–water partition coefficient (Wildman–Crippen LogP) is 2.85. The van der Waals surface area contributed by atoms with Crippen LogP contribution in [-0.4, -0.2) is 35.8 Å². The van der Waals surface area contributed by atoms with Gasteiger partial charge in [-0.3, -0.25) is 0 Å². The number of aliphatic hydroxyl groups excluding tert-OH is 1. The molecule has 0 aliphatic heterocycles. The number of aliphatic hydroxyl groups is 1. The van der Waals surface area contributed by atoms with E-state index < -0.39 is 23.4 Å². The fourth-order valence-electron chi connectivity index (χ4n) is 1.55. The van der Waals surface area contributed by atoms with E-state index in [0.717, 1.165) is 12.1 Å². The Bertz CT molecular complexity index is 448. The number of carbonyl (C=O) groups is 1. The van der Waals surface area contributed by atoms with E-state index in [1.54, 1.807) is 0 Å².